The molecule has 0 aromatic heterocycles. The van der Waals surface area contributed by atoms with Gasteiger partial charge in [0, 0.05) is 25.7 Å². The van der Waals surface area contributed by atoms with Crippen molar-refractivity contribution >= 4 is 5.97 Å². The van der Waals surface area contributed by atoms with Crippen molar-refractivity contribution < 1.29 is 24.1 Å². The van der Waals surface area contributed by atoms with Crippen LogP contribution in [-0.2, 0) is 19.0 Å². The first-order valence-electron chi connectivity index (χ1n) is 6.89. The molecule has 1 N–H and O–H groups in total. The van der Waals surface area contributed by atoms with E-state index in [2.05, 4.69) is 0 Å². The van der Waals surface area contributed by atoms with Crippen LogP contribution in [0.4, 0.5) is 0 Å². The summed E-state index contributed by atoms with van der Waals surface area (Å²) in [7, 11) is 0. The number of ether oxygens (including phenoxy) is 3. The van der Waals surface area contributed by atoms with Crippen molar-refractivity contribution in [2.45, 2.75) is 74.6 Å². The van der Waals surface area contributed by atoms with Crippen molar-refractivity contribution in [3.05, 3.63) is 0 Å². The predicted octanol–water partition coefficient (Wildman–Crippen LogP) is 0.881. The fraction of sp³-hybridized carbons (Fsp3) is 0.923. The van der Waals surface area contributed by atoms with E-state index in [0.717, 1.165) is 25.7 Å². The van der Waals surface area contributed by atoms with E-state index in [1.54, 1.807) is 0 Å². The van der Waals surface area contributed by atoms with Crippen LogP contribution in [0.15, 0.2) is 0 Å². The zero-order chi connectivity index (χ0) is 12.4. The lowest BCUT2D eigenvalue weighted by Gasteiger charge is -2.32. The Bertz CT molecular complexity index is 389. The van der Waals surface area contributed by atoms with Gasteiger partial charge in [-0.3, -0.25) is 0 Å². The zero-order valence-electron chi connectivity index (χ0n) is 10.3. The fourth-order valence-corrected chi connectivity index (χ4v) is 3.88. The molecule has 18 heavy (non-hydrogen) atoms. The van der Waals surface area contributed by atoms with Crippen molar-refractivity contribution in [3.8, 4) is 0 Å². The van der Waals surface area contributed by atoms with Gasteiger partial charge in [-0.05, 0) is 12.8 Å². The van der Waals surface area contributed by atoms with Gasteiger partial charge in [0.1, 0.15) is 12.2 Å². The van der Waals surface area contributed by atoms with E-state index in [9.17, 15) is 9.90 Å². The second-order valence-corrected chi connectivity index (χ2v) is 6.09. The maximum atomic E-state index is 11.6. The zero-order valence-corrected chi connectivity index (χ0v) is 10.3. The van der Waals surface area contributed by atoms with Gasteiger partial charge < -0.3 is 19.3 Å². The highest BCUT2D eigenvalue weighted by atomic mass is 16.8. The van der Waals surface area contributed by atoms with E-state index in [4.69, 9.17) is 14.2 Å². The molecule has 4 aliphatic rings. The Hall–Kier alpha value is -0.650. The molecular weight excluding hydrogens is 236 g/mol. The summed E-state index contributed by atoms with van der Waals surface area (Å²) < 4.78 is 17.4. The number of rotatable bonds is 0. The van der Waals surface area contributed by atoms with E-state index in [1.165, 1.54) is 6.42 Å². The minimum absolute atomic E-state index is 0.185. The van der Waals surface area contributed by atoms with E-state index in [1.807, 2.05) is 0 Å². The molecule has 5 nitrogen and oxygen atoms in total. The van der Waals surface area contributed by atoms with Gasteiger partial charge in [-0.25, -0.2) is 4.79 Å². The van der Waals surface area contributed by atoms with Crippen LogP contribution in [-0.4, -0.2) is 40.8 Å². The smallest absolute Gasteiger partial charge is 0.338 e. The van der Waals surface area contributed by atoms with Crippen molar-refractivity contribution in [2.75, 3.05) is 0 Å². The number of carbonyl (C=O) groups is 1. The van der Waals surface area contributed by atoms with E-state index in [-0.39, 0.29) is 18.3 Å². The first kappa shape index (κ1) is 11.2. The molecule has 4 atom stereocenters. The Morgan fingerprint density at radius 3 is 2.56 bits per heavy atom. The van der Waals surface area contributed by atoms with Gasteiger partial charge >= 0.3 is 5.97 Å². The fourth-order valence-electron chi connectivity index (χ4n) is 3.88. The van der Waals surface area contributed by atoms with Crippen LogP contribution in [0.2, 0.25) is 0 Å². The van der Waals surface area contributed by atoms with Crippen LogP contribution in [0.5, 0.6) is 0 Å². The van der Waals surface area contributed by atoms with Crippen LogP contribution >= 0.6 is 0 Å². The Labute approximate surface area is 105 Å². The lowest BCUT2D eigenvalue weighted by Crippen LogP contribution is -2.47. The average molecular weight is 254 g/mol. The summed E-state index contributed by atoms with van der Waals surface area (Å²) in [5.74, 6) is -0.979. The quantitative estimate of drug-likeness (QED) is 0.650. The van der Waals surface area contributed by atoms with E-state index < -0.39 is 17.4 Å². The van der Waals surface area contributed by atoms with Crippen molar-refractivity contribution in [1.29, 1.82) is 0 Å². The lowest BCUT2D eigenvalue weighted by molar-refractivity contribution is -0.203. The molecule has 1 spiro atoms. The second kappa shape index (κ2) is 3.46. The molecule has 100 valence electrons. The average Bonchev–Trinajstić information content (AvgIpc) is 2.79. The minimum Gasteiger partial charge on any atom is -0.457 e. The molecule has 0 amide bonds. The molecule has 4 rings (SSSR count). The summed E-state index contributed by atoms with van der Waals surface area (Å²) in [5.41, 5.74) is -1.34. The molecule has 5 heteroatoms. The van der Waals surface area contributed by atoms with Crippen LogP contribution < -0.4 is 0 Å². The highest BCUT2D eigenvalue weighted by molar-refractivity contribution is 5.82. The van der Waals surface area contributed by atoms with Gasteiger partial charge in [0.15, 0.2) is 11.4 Å². The van der Waals surface area contributed by atoms with Crippen LogP contribution in [0.25, 0.3) is 0 Å². The Morgan fingerprint density at radius 1 is 1.06 bits per heavy atom. The molecule has 0 aromatic carbocycles. The summed E-state index contributed by atoms with van der Waals surface area (Å²) in [5, 5.41) is 10.2. The van der Waals surface area contributed by atoms with Crippen molar-refractivity contribution in [1.82, 2.24) is 0 Å². The number of aliphatic hydroxyl groups is 1. The van der Waals surface area contributed by atoms with Crippen LogP contribution in [0, 0.1) is 0 Å². The Balaban J connectivity index is 1.59. The van der Waals surface area contributed by atoms with Gasteiger partial charge in [0.25, 0.3) is 0 Å². The van der Waals surface area contributed by atoms with Gasteiger partial charge in [0.2, 0.25) is 0 Å². The van der Waals surface area contributed by atoms with Crippen molar-refractivity contribution in [2.24, 2.45) is 0 Å². The topological polar surface area (TPSA) is 65.0 Å². The van der Waals surface area contributed by atoms with Crippen LogP contribution in [0.1, 0.15) is 44.9 Å². The third-order valence-corrected chi connectivity index (χ3v) is 4.78. The molecular formula is C13H18O5. The molecule has 2 saturated carbocycles. The monoisotopic (exact) mass is 254 g/mol. The number of hydrogen-bond acceptors (Lipinski definition) is 5. The molecule has 2 saturated heterocycles. The minimum atomic E-state index is -1.34. The first-order chi connectivity index (χ1) is 8.60. The first-order valence-corrected chi connectivity index (χ1v) is 6.89. The summed E-state index contributed by atoms with van der Waals surface area (Å²) in [6.45, 7) is 0. The summed E-state index contributed by atoms with van der Waals surface area (Å²) >= 11 is 0. The molecule has 0 aromatic rings. The van der Waals surface area contributed by atoms with Gasteiger partial charge in [-0.1, -0.05) is 6.42 Å². The van der Waals surface area contributed by atoms with Gasteiger partial charge in [0.05, 0.1) is 6.10 Å². The summed E-state index contributed by atoms with van der Waals surface area (Å²) in [6.07, 6.45) is 5.25. The highest BCUT2D eigenvalue weighted by Gasteiger charge is 2.63. The number of esters is 1. The molecule has 2 bridgehead atoms. The SMILES string of the molecule is O=C1O[C@H]2C[C@@]1(O)C[C@@H]1OC3(CCCCC3)O[C@@H]21. The largest absolute Gasteiger partial charge is 0.457 e. The van der Waals surface area contributed by atoms with E-state index in [0.29, 0.717) is 12.8 Å². The number of carbonyl (C=O) groups excluding carboxylic acids is 1. The summed E-state index contributed by atoms with van der Waals surface area (Å²) in [4.78, 5) is 11.6. The standard InChI is InChI=1S/C13H18O5/c14-11-12(15)6-8(16-11)10-9(7-12)17-13(18-10)4-2-1-3-5-13/h8-10,15H,1-7H2/t8-,9-,10-,12+/m0/s1. The third kappa shape index (κ3) is 1.41. The Morgan fingerprint density at radius 2 is 1.78 bits per heavy atom. The third-order valence-electron chi connectivity index (χ3n) is 4.78. The molecule has 2 heterocycles. The Kier molecular flexibility index (Phi) is 2.16. The van der Waals surface area contributed by atoms with Crippen LogP contribution in [0.3, 0.4) is 0 Å². The number of hydrogen-bond donors (Lipinski definition) is 1. The normalized spacial score (nSPS) is 49.2. The van der Waals surface area contributed by atoms with E-state index >= 15 is 0 Å². The molecule has 4 fully saturated rings. The molecule has 2 aliphatic heterocycles. The molecule has 2 aliphatic carbocycles. The highest BCUT2D eigenvalue weighted by Crippen LogP contribution is 2.49. The molecule has 0 unspecified atom stereocenters. The van der Waals surface area contributed by atoms with Gasteiger partial charge in [-0.15, -0.1) is 0 Å². The second-order valence-electron chi connectivity index (χ2n) is 6.09. The predicted molar refractivity (Wildman–Crippen MR) is 59.6 cm³/mol. The lowest BCUT2D eigenvalue weighted by atomic mass is 9.82. The molecule has 0 radical (unpaired) electrons. The van der Waals surface area contributed by atoms with Crippen molar-refractivity contribution in [3.63, 3.8) is 0 Å². The number of fused-ring (bicyclic) bond motifs is 4. The van der Waals surface area contributed by atoms with Gasteiger partial charge in [-0.2, -0.15) is 0 Å². The maximum absolute atomic E-state index is 11.6. The summed E-state index contributed by atoms with van der Waals surface area (Å²) in [6, 6.07) is 0. The maximum Gasteiger partial charge on any atom is 0.338 e.